The third-order valence-corrected chi connectivity index (χ3v) is 4.44. The Hall–Kier alpha value is -3.28. The van der Waals surface area contributed by atoms with Gasteiger partial charge in [-0.1, -0.05) is 24.3 Å². The minimum atomic E-state index is -0.511. The van der Waals surface area contributed by atoms with Gasteiger partial charge >= 0.3 is 6.03 Å². The van der Waals surface area contributed by atoms with E-state index in [2.05, 4.69) is 16.0 Å². The molecule has 140 valence electrons. The molecule has 0 fully saturated rings. The van der Waals surface area contributed by atoms with Gasteiger partial charge in [0.15, 0.2) is 0 Å². The first-order valence-corrected chi connectivity index (χ1v) is 8.87. The van der Waals surface area contributed by atoms with Crippen molar-refractivity contribution in [3.8, 4) is 5.75 Å². The Kier molecular flexibility index (Phi) is 5.45. The van der Waals surface area contributed by atoms with Gasteiger partial charge < -0.3 is 20.7 Å². The number of urea groups is 1. The van der Waals surface area contributed by atoms with Crippen LogP contribution in [0.4, 0.5) is 10.5 Å². The first-order valence-electron chi connectivity index (χ1n) is 8.87. The Morgan fingerprint density at radius 1 is 1.11 bits per heavy atom. The van der Waals surface area contributed by atoms with Crippen LogP contribution in [0.5, 0.6) is 5.75 Å². The molecule has 0 aliphatic carbocycles. The van der Waals surface area contributed by atoms with Crippen LogP contribution in [0.3, 0.4) is 0 Å². The molecule has 2 aromatic rings. The van der Waals surface area contributed by atoms with E-state index in [4.69, 9.17) is 4.74 Å². The van der Waals surface area contributed by atoms with Crippen LogP contribution in [-0.2, 0) is 4.79 Å². The van der Waals surface area contributed by atoms with Crippen molar-refractivity contribution < 1.29 is 14.3 Å². The van der Waals surface area contributed by atoms with Crippen LogP contribution in [0.25, 0.3) is 0 Å². The average molecular weight is 365 g/mol. The minimum Gasteiger partial charge on any atom is -0.494 e. The summed E-state index contributed by atoms with van der Waals surface area (Å²) in [6.07, 6.45) is 0. The van der Waals surface area contributed by atoms with Crippen LogP contribution in [-0.4, -0.2) is 18.5 Å². The van der Waals surface area contributed by atoms with Gasteiger partial charge in [0, 0.05) is 11.4 Å². The van der Waals surface area contributed by atoms with E-state index >= 15 is 0 Å². The van der Waals surface area contributed by atoms with Crippen molar-refractivity contribution in [3.63, 3.8) is 0 Å². The summed E-state index contributed by atoms with van der Waals surface area (Å²) in [5, 5.41) is 8.45. The molecule has 3 amide bonds. The molecule has 0 aromatic heterocycles. The van der Waals surface area contributed by atoms with Crippen LogP contribution in [0.15, 0.2) is 59.8 Å². The summed E-state index contributed by atoms with van der Waals surface area (Å²) >= 11 is 0. The van der Waals surface area contributed by atoms with Gasteiger partial charge in [-0.25, -0.2) is 4.79 Å². The average Bonchev–Trinajstić information content (AvgIpc) is 2.63. The van der Waals surface area contributed by atoms with E-state index in [1.165, 1.54) is 0 Å². The molecule has 27 heavy (non-hydrogen) atoms. The Balaban J connectivity index is 1.88. The first kappa shape index (κ1) is 18.5. The zero-order chi connectivity index (χ0) is 19.4. The van der Waals surface area contributed by atoms with Crippen LogP contribution >= 0.6 is 0 Å². The highest BCUT2D eigenvalue weighted by atomic mass is 16.5. The number of benzene rings is 2. The number of amides is 3. The number of hydrogen-bond acceptors (Lipinski definition) is 3. The lowest BCUT2D eigenvalue weighted by Gasteiger charge is -2.29. The van der Waals surface area contributed by atoms with Gasteiger partial charge in [-0.3, -0.25) is 4.79 Å². The summed E-state index contributed by atoms with van der Waals surface area (Å²) in [5.74, 6) is 0.479. The monoisotopic (exact) mass is 365 g/mol. The summed E-state index contributed by atoms with van der Waals surface area (Å²) < 4.78 is 5.42. The largest absolute Gasteiger partial charge is 0.494 e. The molecule has 3 N–H and O–H groups in total. The number of aryl methyl sites for hydroxylation is 1. The normalized spacial score (nSPS) is 16.4. The zero-order valence-corrected chi connectivity index (χ0v) is 15.6. The van der Waals surface area contributed by atoms with Gasteiger partial charge in [-0.2, -0.15) is 0 Å². The fourth-order valence-corrected chi connectivity index (χ4v) is 3.14. The number of anilines is 1. The Bertz CT molecular complexity index is 888. The summed E-state index contributed by atoms with van der Waals surface area (Å²) in [7, 11) is 0. The maximum atomic E-state index is 13.0. The molecular formula is C21H23N3O3. The van der Waals surface area contributed by atoms with E-state index in [-0.39, 0.29) is 11.9 Å². The molecule has 2 aromatic carbocycles. The lowest BCUT2D eigenvalue weighted by atomic mass is 9.92. The summed E-state index contributed by atoms with van der Waals surface area (Å²) in [4.78, 5) is 25.0. The van der Waals surface area contributed by atoms with E-state index in [0.29, 0.717) is 23.6 Å². The fraction of sp³-hybridized carbons (Fsp3) is 0.238. The third kappa shape index (κ3) is 4.11. The SMILES string of the molecule is CCOc1ccc(NC(=O)C2=C(C)NC(=O)NC2c2ccccc2C)cc1. The van der Waals surface area contributed by atoms with Crippen molar-refractivity contribution in [2.24, 2.45) is 0 Å². The van der Waals surface area contributed by atoms with Crippen molar-refractivity contribution >= 4 is 17.6 Å². The number of nitrogens with one attached hydrogen (secondary N) is 3. The maximum Gasteiger partial charge on any atom is 0.319 e. The van der Waals surface area contributed by atoms with E-state index in [1.807, 2.05) is 38.1 Å². The van der Waals surface area contributed by atoms with Gasteiger partial charge in [0.05, 0.1) is 18.2 Å². The maximum absolute atomic E-state index is 13.0. The first-order chi connectivity index (χ1) is 13.0. The number of rotatable bonds is 5. The molecule has 1 unspecified atom stereocenters. The van der Waals surface area contributed by atoms with Crippen molar-refractivity contribution in [2.75, 3.05) is 11.9 Å². The van der Waals surface area contributed by atoms with Crippen molar-refractivity contribution in [1.29, 1.82) is 0 Å². The second-order valence-corrected chi connectivity index (χ2v) is 6.34. The molecule has 0 saturated heterocycles. The molecule has 6 heteroatoms. The summed E-state index contributed by atoms with van der Waals surface area (Å²) in [6.45, 7) is 6.19. The Labute approximate surface area is 158 Å². The summed E-state index contributed by atoms with van der Waals surface area (Å²) in [6, 6.07) is 14.1. The highest BCUT2D eigenvalue weighted by molar-refractivity contribution is 6.06. The molecule has 6 nitrogen and oxygen atoms in total. The van der Waals surface area contributed by atoms with Gasteiger partial charge in [0.1, 0.15) is 5.75 Å². The molecule has 1 aliphatic rings. The van der Waals surface area contributed by atoms with Gasteiger partial charge in [0.2, 0.25) is 0 Å². The molecule has 0 bridgehead atoms. The number of carbonyl (C=O) groups is 2. The van der Waals surface area contributed by atoms with Crippen LogP contribution in [0.2, 0.25) is 0 Å². The molecule has 0 saturated carbocycles. The lowest BCUT2D eigenvalue weighted by molar-refractivity contribution is -0.113. The predicted octanol–water partition coefficient (Wildman–Crippen LogP) is 3.66. The van der Waals surface area contributed by atoms with E-state index < -0.39 is 6.04 Å². The number of carbonyl (C=O) groups excluding carboxylic acids is 2. The smallest absolute Gasteiger partial charge is 0.319 e. The second-order valence-electron chi connectivity index (χ2n) is 6.34. The topological polar surface area (TPSA) is 79.5 Å². The van der Waals surface area contributed by atoms with Crippen molar-refractivity contribution in [1.82, 2.24) is 10.6 Å². The molecule has 3 rings (SSSR count). The predicted molar refractivity (Wildman–Crippen MR) is 105 cm³/mol. The van der Waals surface area contributed by atoms with E-state index in [1.54, 1.807) is 31.2 Å². The highest BCUT2D eigenvalue weighted by Crippen LogP contribution is 2.29. The highest BCUT2D eigenvalue weighted by Gasteiger charge is 2.31. The van der Waals surface area contributed by atoms with Crippen LogP contribution in [0, 0.1) is 6.92 Å². The van der Waals surface area contributed by atoms with E-state index in [0.717, 1.165) is 16.9 Å². The van der Waals surface area contributed by atoms with Gasteiger partial charge in [-0.05, 0) is 56.2 Å². The van der Waals surface area contributed by atoms with Crippen LogP contribution < -0.4 is 20.7 Å². The summed E-state index contributed by atoms with van der Waals surface area (Å²) in [5.41, 5.74) is 3.57. The Morgan fingerprint density at radius 3 is 2.48 bits per heavy atom. The number of hydrogen-bond donors (Lipinski definition) is 3. The molecule has 1 aliphatic heterocycles. The second kappa shape index (κ2) is 7.95. The van der Waals surface area contributed by atoms with Crippen molar-refractivity contribution in [3.05, 3.63) is 70.9 Å². The van der Waals surface area contributed by atoms with Crippen molar-refractivity contribution in [2.45, 2.75) is 26.8 Å². The van der Waals surface area contributed by atoms with Crippen LogP contribution in [0.1, 0.15) is 31.0 Å². The quantitative estimate of drug-likeness (QED) is 0.756. The molecule has 0 spiro atoms. The zero-order valence-electron chi connectivity index (χ0n) is 15.6. The minimum absolute atomic E-state index is 0.266. The molecular weight excluding hydrogens is 342 g/mol. The molecule has 1 atom stereocenters. The molecule has 0 radical (unpaired) electrons. The Morgan fingerprint density at radius 2 is 1.81 bits per heavy atom. The van der Waals surface area contributed by atoms with E-state index in [9.17, 15) is 9.59 Å². The number of ether oxygens (including phenoxy) is 1. The number of allylic oxidation sites excluding steroid dienone is 1. The molecule has 1 heterocycles. The standard InChI is InChI=1S/C21H23N3O3/c1-4-27-16-11-9-15(10-12-16)23-20(25)18-14(3)22-21(26)24-19(18)17-8-6-5-7-13(17)2/h5-12,19H,4H2,1-3H3,(H,23,25)(H2,22,24,26). The van der Waals surface area contributed by atoms with Gasteiger partial charge in [0.25, 0.3) is 5.91 Å². The third-order valence-electron chi connectivity index (χ3n) is 4.44. The lowest BCUT2D eigenvalue weighted by Crippen LogP contribution is -2.46. The van der Waals surface area contributed by atoms with Gasteiger partial charge in [-0.15, -0.1) is 0 Å². The fourth-order valence-electron chi connectivity index (χ4n) is 3.14.